The topological polar surface area (TPSA) is 77.5 Å². The molecular weight excluding hydrogens is 404 g/mol. The van der Waals surface area contributed by atoms with Crippen molar-refractivity contribution in [2.75, 3.05) is 77.3 Å². The summed E-state index contributed by atoms with van der Waals surface area (Å²) in [5.74, 6) is 1.14. The molecule has 2 aliphatic rings. The van der Waals surface area contributed by atoms with Crippen LogP contribution in [0.25, 0.3) is 0 Å². The summed E-state index contributed by atoms with van der Waals surface area (Å²) >= 11 is 3.39. The van der Waals surface area contributed by atoms with E-state index in [0.29, 0.717) is 38.9 Å². The van der Waals surface area contributed by atoms with Gasteiger partial charge >= 0.3 is 11.9 Å². The molecular formula is C18H32N2O6S2. The van der Waals surface area contributed by atoms with Crippen molar-refractivity contribution in [1.82, 2.24) is 8.61 Å². The lowest BCUT2D eigenvalue weighted by Gasteiger charge is -2.25. The molecule has 2 fully saturated rings. The number of esters is 2. The van der Waals surface area contributed by atoms with Crippen molar-refractivity contribution < 1.29 is 28.5 Å². The van der Waals surface area contributed by atoms with Crippen molar-refractivity contribution in [1.29, 1.82) is 0 Å². The van der Waals surface area contributed by atoms with E-state index in [1.807, 2.05) is 0 Å². The Hall–Kier alpha value is -0.520. The number of hydrogen-bond acceptors (Lipinski definition) is 10. The van der Waals surface area contributed by atoms with Gasteiger partial charge in [0.05, 0.1) is 26.4 Å². The summed E-state index contributed by atoms with van der Waals surface area (Å²) in [4.78, 5) is 23.4. The van der Waals surface area contributed by atoms with E-state index in [0.717, 1.165) is 64.1 Å². The summed E-state index contributed by atoms with van der Waals surface area (Å²) < 4.78 is 25.5. The molecule has 0 atom stereocenters. The highest BCUT2D eigenvalue weighted by Gasteiger charge is 2.12. The van der Waals surface area contributed by atoms with Crippen LogP contribution in [0, 0.1) is 0 Å². The van der Waals surface area contributed by atoms with Crippen LogP contribution in [-0.4, -0.2) is 97.9 Å². The number of ether oxygens (including phenoxy) is 4. The first-order valence-corrected chi connectivity index (χ1v) is 11.8. The lowest BCUT2D eigenvalue weighted by molar-refractivity contribution is -0.145. The van der Waals surface area contributed by atoms with Gasteiger partial charge in [0.25, 0.3) is 0 Å². The molecule has 10 heteroatoms. The van der Waals surface area contributed by atoms with Gasteiger partial charge in [-0.2, -0.15) is 0 Å². The summed E-state index contributed by atoms with van der Waals surface area (Å²) in [7, 11) is 0. The average Bonchev–Trinajstić information content (AvgIpc) is 2.73. The van der Waals surface area contributed by atoms with Crippen molar-refractivity contribution in [3.05, 3.63) is 0 Å². The number of carbonyl (C=O) groups is 2. The Kier molecular flexibility index (Phi) is 13.0. The Morgan fingerprint density at radius 3 is 1.50 bits per heavy atom. The van der Waals surface area contributed by atoms with E-state index in [1.165, 1.54) is 0 Å². The van der Waals surface area contributed by atoms with Gasteiger partial charge in [0.1, 0.15) is 13.2 Å². The minimum Gasteiger partial charge on any atom is -0.465 e. The van der Waals surface area contributed by atoms with E-state index in [1.54, 1.807) is 23.9 Å². The zero-order valence-corrected chi connectivity index (χ0v) is 18.1. The molecule has 0 bridgehead atoms. The Morgan fingerprint density at radius 1 is 0.714 bits per heavy atom. The lowest BCUT2D eigenvalue weighted by Crippen LogP contribution is -2.31. The Balaban J connectivity index is 1.35. The van der Waals surface area contributed by atoms with Crippen LogP contribution in [0.3, 0.4) is 0 Å². The van der Waals surface area contributed by atoms with Gasteiger partial charge in [0.2, 0.25) is 0 Å². The maximum absolute atomic E-state index is 11.7. The molecule has 8 nitrogen and oxygen atoms in total. The zero-order chi connectivity index (χ0) is 19.9. The summed E-state index contributed by atoms with van der Waals surface area (Å²) in [5, 5.41) is 0. The van der Waals surface area contributed by atoms with Gasteiger partial charge in [0, 0.05) is 50.5 Å². The van der Waals surface area contributed by atoms with Crippen LogP contribution in [-0.2, 0) is 28.5 Å². The molecule has 0 aromatic carbocycles. The third-order valence-corrected chi connectivity index (χ3v) is 6.35. The van der Waals surface area contributed by atoms with E-state index in [2.05, 4.69) is 8.61 Å². The third-order valence-electron chi connectivity index (χ3n) is 4.19. The first-order valence-electron chi connectivity index (χ1n) is 9.96. The second-order valence-corrected chi connectivity index (χ2v) is 8.76. The van der Waals surface area contributed by atoms with E-state index in [4.69, 9.17) is 18.9 Å². The molecule has 0 saturated carbocycles. The Morgan fingerprint density at radius 2 is 1.11 bits per heavy atom. The number of nitrogens with zero attached hydrogens (tertiary/aromatic N) is 2. The highest BCUT2D eigenvalue weighted by atomic mass is 32.2. The monoisotopic (exact) mass is 436 g/mol. The van der Waals surface area contributed by atoms with Crippen molar-refractivity contribution in [2.45, 2.75) is 25.7 Å². The summed E-state index contributed by atoms with van der Waals surface area (Å²) in [5.41, 5.74) is 0. The fraction of sp³-hybridized carbons (Fsp3) is 0.889. The van der Waals surface area contributed by atoms with Crippen molar-refractivity contribution >= 4 is 35.8 Å². The Labute approximate surface area is 176 Å². The summed E-state index contributed by atoms with van der Waals surface area (Å²) in [6.07, 6.45) is 1.99. The van der Waals surface area contributed by atoms with E-state index < -0.39 is 0 Å². The lowest BCUT2D eigenvalue weighted by atomic mass is 10.2. The van der Waals surface area contributed by atoms with E-state index >= 15 is 0 Å². The molecule has 0 aromatic heterocycles. The Bertz CT molecular complexity index is 406. The third kappa shape index (κ3) is 11.5. The smallest absolute Gasteiger partial charge is 0.305 e. The molecule has 0 aliphatic carbocycles. The van der Waals surface area contributed by atoms with Crippen LogP contribution in [0.5, 0.6) is 0 Å². The van der Waals surface area contributed by atoms with Gasteiger partial charge in [0.15, 0.2) is 0 Å². The largest absolute Gasteiger partial charge is 0.465 e. The highest BCUT2D eigenvalue weighted by Crippen LogP contribution is 2.13. The first kappa shape index (κ1) is 23.8. The highest BCUT2D eigenvalue weighted by molar-refractivity contribution is 7.97. The summed E-state index contributed by atoms with van der Waals surface area (Å²) in [6, 6.07) is 0. The second kappa shape index (κ2) is 15.3. The minimum absolute atomic E-state index is 0.196. The van der Waals surface area contributed by atoms with Crippen molar-refractivity contribution in [2.24, 2.45) is 0 Å². The average molecular weight is 437 g/mol. The molecule has 0 N–H and O–H groups in total. The van der Waals surface area contributed by atoms with Crippen molar-refractivity contribution in [3.8, 4) is 0 Å². The van der Waals surface area contributed by atoms with E-state index in [-0.39, 0.29) is 11.9 Å². The van der Waals surface area contributed by atoms with Crippen molar-refractivity contribution in [3.63, 3.8) is 0 Å². The molecule has 0 radical (unpaired) electrons. The minimum atomic E-state index is -0.196. The molecule has 2 rings (SSSR count). The standard InChI is InChI=1S/C18H32N2O6S2/c21-17(25-13-15-27-19-5-9-23-10-6-19)3-1-2-4-18(22)26-14-16-28-20-7-11-24-12-8-20/h1-16H2. The number of carbonyl (C=O) groups excluding carboxylic acids is 2. The van der Waals surface area contributed by atoms with Gasteiger partial charge in [-0.3, -0.25) is 9.59 Å². The molecule has 162 valence electrons. The predicted octanol–water partition coefficient (Wildman–Crippen LogP) is 1.59. The summed E-state index contributed by atoms with van der Waals surface area (Å²) in [6.45, 7) is 7.57. The number of morpholine rings is 2. The molecule has 0 aromatic rings. The second-order valence-electron chi connectivity index (χ2n) is 6.40. The van der Waals surface area contributed by atoms with Crippen LogP contribution in [0.1, 0.15) is 25.7 Å². The maximum Gasteiger partial charge on any atom is 0.305 e. The number of unbranched alkanes of at least 4 members (excludes halogenated alkanes) is 1. The fourth-order valence-corrected chi connectivity index (χ4v) is 4.32. The van der Waals surface area contributed by atoms with Crippen LogP contribution < -0.4 is 0 Å². The SMILES string of the molecule is O=C(CCCCC(=O)OCCSN1CCOCC1)OCCSN1CCOCC1. The number of hydrogen-bond donors (Lipinski definition) is 0. The molecule has 2 aliphatic heterocycles. The molecule has 2 heterocycles. The normalized spacial score (nSPS) is 18.7. The fourth-order valence-electron chi connectivity index (χ4n) is 2.68. The first-order chi connectivity index (χ1) is 13.7. The van der Waals surface area contributed by atoms with Gasteiger partial charge in [-0.15, -0.1) is 0 Å². The molecule has 28 heavy (non-hydrogen) atoms. The molecule has 2 saturated heterocycles. The molecule has 0 spiro atoms. The van der Waals surface area contributed by atoms with Gasteiger partial charge in [-0.1, -0.05) is 23.9 Å². The molecule has 0 amide bonds. The van der Waals surface area contributed by atoms with Crippen LogP contribution in [0.2, 0.25) is 0 Å². The van der Waals surface area contributed by atoms with E-state index in [9.17, 15) is 9.59 Å². The zero-order valence-electron chi connectivity index (χ0n) is 16.5. The quantitative estimate of drug-likeness (QED) is 0.241. The number of rotatable bonds is 13. The van der Waals surface area contributed by atoms with Crippen LogP contribution in [0.15, 0.2) is 0 Å². The molecule has 0 unspecified atom stereocenters. The van der Waals surface area contributed by atoms with Gasteiger partial charge in [-0.25, -0.2) is 8.61 Å². The van der Waals surface area contributed by atoms with Crippen LogP contribution >= 0.6 is 23.9 Å². The maximum atomic E-state index is 11.7. The predicted molar refractivity (Wildman–Crippen MR) is 110 cm³/mol. The van der Waals surface area contributed by atoms with Gasteiger partial charge in [-0.05, 0) is 12.8 Å². The van der Waals surface area contributed by atoms with Gasteiger partial charge < -0.3 is 18.9 Å². The van der Waals surface area contributed by atoms with Crippen LogP contribution in [0.4, 0.5) is 0 Å².